The molecule has 0 amide bonds. The highest BCUT2D eigenvalue weighted by atomic mass is 35.5. The molecule has 0 radical (unpaired) electrons. The Labute approximate surface area is 234 Å². The van der Waals surface area contributed by atoms with Crippen LogP contribution in [-0.4, -0.2) is 53.9 Å². The third-order valence-corrected chi connectivity index (χ3v) is 7.67. The van der Waals surface area contributed by atoms with Gasteiger partial charge in [0, 0.05) is 53.8 Å². The zero-order valence-electron chi connectivity index (χ0n) is 22.0. The number of anilines is 2. The first-order valence-electron chi connectivity index (χ1n) is 12.8. The van der Waals surface area contributed by atoms with Crippen LogP contribution in [0.5, 0.6) is 0 Å². The molecule has 208 valence electrons. The van der Waals surface area contributed by atoms with Gasteiger partial charge in [0.25, 0.3) is 0 Å². The molecule has 4 heterocycles. The number of rotatable bonds is 8. The van der Waals surface area contributed by atoms with Crippen molar-refractivity contribution < 1.29 is 18.7 Å². The van der Waals surface area contributed by atoms with E-state index < -0.39 is 23.0 Å². The molecule has 4 aromatic rings. The molecule has 12 heteroatoms. The van der Waals surface area contributed by atoms with Crippen LogP contribution < -0.4 is 5.32 Å². The van der Waals surface area contributed by atoms with Gasteiger partial charge < -0.3 is 10.4 Å². The smallest absolute Gasteiger partial charge is 0.310 e. The number of nitrogens with one attached hydrogen (secondary N) is 2. The van der Waals surface area contributed by atoms with E-state index in [1.165, 1.54) is 18.3 Å². The number of piperidine rings is 1. The highest BCUT2D eigenvalue weighted by Gasteiger charge is 2.45. The third kappa shape index (κ3) is 5.66. The minimum atomic E-state index is -1.16. The molecule has 5 rings (SSSR count). The topological polar surface area (TPSA) is 120 Å². The number of benzene rings is 1. The predicted molar refractivity (Wildman–Crippen MR) is 146 cm³/mol. The lowest BCUT2D eigenvalue weighted by molar-refractivity contribution is -0.153. The predicted octanol–water partition coefficient (Wildman–Crippen LogP) is 5.54. The maximum atomic E-state index is 15.7. The van der Waals surface area contributed by atoms with E-state index in [9.17, 15) is 14.3 Å². The summed E-state index contributed by atoms with van der Waals surface area (Å²) in [5, 5.41) is 28.2. The number of carbonyl (C=O) groups is 1. The van der Waals surface area contributed by atoms with Gasteiger partial charge in [-0.2, -0.15) is 15.3 Å². The standard InChI is InChI=1S/C28H28ClF2N7O2/c1-16-11-23(37-35-16)34-26-25(31)20(22-7-4-9-32-36-22)12-19(33-26)14-28(27(39)40)8-10-38(17(2)13-28)15-18-5-3-6-21(29)24(18)30/h3-7,9,11-12,17H,8,10,13-15H2,1-2H3,(H,39,40)(H2,33,34,35,37)/t17-,28-/m1/s1. The van der Waals surface area contributed by atoms with Gasteiger partial charge in [-0.05, 0) is 57.5 Å². The number of pyridine rings is 1. The van der Waals surface area contributed by atoms with Crippen molar-refractivity contribution in [3.63, 3.8) is 0 Å². The number of carboxylic acid groups (broad SMARTS) is 1. The van der Waals surface area contributed by atoms with Crippen LogP contribution >= 0.6 is 11.6 Å². The number of halogens is 3. The van der Waals surface area contributed by atoms with E-state index in [1.54, 1.807) is 30.3 Å². The van der Waals surface area contributed by atoms with E-state index >= 15 is 4.39 Å². The van der Waals surface area contributed by atoms with E-state index in [-0.39, 0.29) is 28.9 Å². The zero-order valence-corrected chi connectivity index (χ0v) is 22.7. The van der Waals surface area contributed by atoms with Gasteiger partial charge in [-0.25, -0.2) is 13.8 Å². The average Bonchev–Trinajstić information content (AvgIpc) is 3.34. The average molecular weight is 568 g/mol. The van der Waals surface area contributed by atoms with Crippen molar-refractivity contribution in [3.8, 4) is 11.3 Å². The van der Waals surface area contributed by atoms with E-state index in [1.807, 2.05) is 18.7 Å². The minimum Gasteiger partial charge on any atom is -0.481 e. The van der Waals surface area contributed by atoms with Crippen LogP contribution in [0.2, 0.25) is 5.02 Å². The summed E-state index contributed by atoms with van der Waals surface area (Å²) in [6, 6.07) is 11.2. The molecule has 1 aromatic carbocycles. The summed E-state index contributed by atoms with van der Waals surface area (Å²) in [4.78, 5) is 19.3. The fourth-order valence-electron chi connectivity index (χ4n) is 5.27. The Hall–Kier alpha value is -3.96. The Morgan fingerprint density at radius 3 is 2.75 bits per heavy atom. The summed E-state index contributed by atoms with van der Waals surface area (Å²) in [6.07, 6.45) is 2.15. The lowest BCUT2D eigenvalue weighted by Gasteiger charge is -2.43. The Balaban J connectivity index is 1.45. The zero-order chi connectivity index (χ0) is 28.4. The number of aliphatic carboxylic acids is 1. The van der Waals surface area contributed by atoms with Gasteiger partial charge in [0.1, 0.15) is 5.82 Å². The maximum Gasteiger partial charge on any atom is 0.310 e. The number of H-pyrrole nitrogens is 1. The molecule has 0 saturated carbocycles. The first-order chi connectivity index (χ1) is 19.1. The molecule has 9 nitrogen and oxygen atoms in total. The van der Waals surface area contributed by atoms with Gasteiger partial charge in [-0.3, -0.25) is 14.8 Å². The number of aromatic amines is 1. The second-order valence-electron chi connectivity index (χ2n) is 10.2. The van der Waals surface area contributed by atoms with Gasteiger partial charge in [0.05, 0.1) is 16.1 Å². The van der Waals surface area contributed by atoms with E-state index in [2.05, 4.69) is 30.7 Å². The summed E-state index contributed by atoms with van der Waals surface area (Å²) in [5.74, 6) is -1.80. The second-order valence-corrected chi connectivity index (χ2v) is 10.6. The van der Waals surface area contributed by atoms with Crippen LogP contribution in [0, 0.1) is 24.0 Å². The summed E-state index contributed by atoms with van der Waals surface area (Å²) in [5.41, 5.74) is 0.904. The molecule has 1 aliphatic rings. The minimum absolute atomic E-state index is 0.0535. The molecular formula is C28H28ClF2N7O2. The summed E-state index contributed by atoms with van der Waals surface area (Å²) in [7, 11) is 0. The molecule has 3 aromatic heterocycles. The van der Waals surface area contributed by atoms with Crippen molar-refractivity contribution in [1.29, 1.82) is 0 Å². The molecule has 1 saturated heterocycles. The van der Waals surface area contributed by atoms with Crippen molar-refractivity contribution in [3.05, 3.63) is 82.3 Å². The fourth-order valence-corrected chi connectivity index (χ4v) is 5.46. The number of aryl methyl sites for hydroxylation is 1. The number of hydrogen-bond acceptors (Lipinski definition) is 7. The normalized spacial score (nSPS) is 19.5. The number of carboxylic acids is 1. The van der Waals surface area contributed by atoms with Crippen LogP contribution in [0.25, 0.3) is 11.3 Å². The van der Waals surface area contributed by atoms with E-state index in [0.29, 0.717) is 48.7 Å². The van der Waals surface area contributed by atoms with Gasteiger partial charge in [-0.15, -0.1) is 0 Å². The number of aromatic nitrogens is 5. The highest BCUT2D eigenvalue weighted by Crippen LogP contribution is 2.40. The van der Waals surface area contributed by atoms with Gasteiger partial charge in [0.2, 0.25) is 0 Å². The van der Waals surface area contributed by atoms with Gasteiger partial charge >= 0.3 is 5.97 Å². The molecule has 0 aliphatic carbocycles. The Kier molecular flexibility index (Phi) is 7.77. The third-order valence-electron chi connectivity index (χ3n) is 7.38. The quantitative estimate of drug-likeness (QED) is 0.254. The molecule has 0 bridgehead atoms. The van der Waals surface area contributed by atoms with Crippen LogP contribution in [-0.2, 0) is 17.8 Å². The molecule has 0 spiro atoms. The van der Waals surface area contributed by atoms with Crippen molar-refractivity contribution in [2.75, 3.05) is 11.9 Å². The lowest BCUT2D eigenvalue weighted by atomic mass is 9.72. The highest BCUT2D eigenvalue weighted by molar-refractivity contribution is 6.30. The molecule has 40 heavy (non-hydrogen) atoms. The Morgan fingerprint density at radius 1 is 1.25 bits per heavy atom. The molecule has 1 aliphatic heterocycles. The molecule has 1 fully saturated rings. The van der Waals surface area contributed by atoms with E-state index in [4.69, 9.17) is 11.6 Å². The molecular weight excluding hydrogens is 540 g/mol. The number of likely N-dealkylation sites (tertiary alicyclic amines) is 1. The molecule has 2 atom stereocenters. The lowest BCUT2D eigenvalue weighted by Crippen LogP contribution is -2.49. The number of hydrogen-bond donors (Lipinski definition) is 3. The summed E-state index contributed by atoms with van der Waals surface area (Å²) < 4.78 is 30.2. The second kappa shape index (κ2) is 11.3. The van der Waals surface area contributed by atoms with Crippen molar-refractivity contribution >= 4 is 29.2 Å². The van der Waals surface area contributed by atoms with Crippen LogP contribution in [0.15, 0.2) is 48.7 Å². The first kappa shape index (κ1) is 27.6. The Morgan fingerprint density at radius 2 is 2.08 bits per heavy atom. The molecule has 0 unspecified atom stereocenters. The van der Waals surface area contributed by atoms with Gasteiger partial charge in [-0.1, -0.05) is 23.7 Å². The van der Waals surface area contributed by atoms with Gasteiger partial charge in [0.15, 0.2) is 17.5 Å². The fraction of sp³-hybridized carbons (Fsp3) is 0.321. The van der Waals surface area contributed by atoms with Crippen LogP contribution in [0.3, 0.4) is 0 Å². The van der Waals surface area contributed by atoms with Crippen molar-refractivity contribution in [2.45, 2.75) is 45.7 Å². The Bertz CT molecular complexity index is 1530. The van der Waals surface area contributed by atoms with Crippen molar-refractivity contribution in [1.82, 2.24) is 30.3 Å². The summed E-state index contributed by atoms with van der Waals surface area (Å²) in [6.45, 7) is 4.48. The number of nitrogens with zero attached hydrogens (tertiary/aromatic N) is 5. The molecule has 3 N–H and O–H groups in total. The maximum absolute atomic E-state index is 15.7. The van der Waals surface area contributed by atoms with Crippen molar-refractivity contribution in [2.24, 2.45) is 5.41 Å². The van der Waals surface area contributed by atoms with Crippen LogP contribution in [0.4, 0.5) is 20.4 Å². The first-order valence-corrected chi connectivity index (χ1v) is 13.2. The largest absolute Gasteiger partial charge is 0.481 e. The van der Waals surface area contributed by atoms with Crippen LogP contribution in [0.1, 0.15) is 36.7 Å². The SMILES string of the molecule is Cc1cc(Nc2nc(C[C@@]3(C(=O)O)CCN(Cc4cccc(Cl)c4F)[C@H](C)C3)cc(-c3cccnn3)c2F)n[nH]1. The summed E-state index contributed by atoms with van der Waals surface area (Å²) >= 11 is 5.95. The van der Waals surface area contributed by atoms with E-state index in [0.717, 1.165) is 5.69 Å². The monoisotopic (exact) mass is 567 g/mol.